The van der Waals surface area contributed by atoms with Crippen molar-refractivity contribution < 1.29 is 17.9 Å². The summed E-state index contributed by atoms with van der Waals surface area (Å²) in [7, 11) is -3.55. The van der Waals surface area contributed by atoms with Gasteiger partial charge in [-0.2, -0.15) is 0 Å². The van der Waals surface area contributed by atoms with Crippen molar-refractivity contribution in [3.05, 3.63) is 54.1 Å². The second-order valence-electron chi connectivity index (χ2n) is 7.80. The average molecular weight is 431 g/mol. The van der Waals surface area contributed by atoms with Gasteiger partial charge < -0.3 is 10.1 Å². The van der Waals surface area contributed by atoms with Gasteiger partial charge in [0.25, 0.3) is 5.91 Å². The Hall–Kier alpha value is -2.38. The second-order valence-corrected chi connectivity index (χ2v) is 9.51. The van der Waals surface area contributed by atoms with Crippen molar-refractivity contribution in [3.8, 4) is 5.75 Å². The van der Waals surface area contributed by atoms with Crippen LogP contribution in [0.5, 0.6) is 5.75 Å². The minimum Gasteiger partial charge on any atom is -0.491 e. The number of sulfonamides is 1. The number of amides is 1. The molecule has 1 saturated carbocycles. The number of hydrogen-bond acceptors (Lipinski definition) is 4. The van der Waals surface area contributed by atoms with Crippen LogP contribution < -0.4 is 14.8 Å². The minimum atomic E-state index is -3.55. The lowest BCUT2D eigenvalue weighted by Crippen LogP contribution is -2.36. The van der Waals surface area contributed by atoms with E-state index >= 15 is 0 Å². The number of carbonyl (C=O) groups is 1. The van der Waals surface area contributed by atoms with Crippen LogP contribution in [-0.4, -0.2) is 26.5 Å². The maximum absolute atomic E-state index is 12.6. The molecule has 0 radical (unpaired) electrons. The first kappa shape index (κ1) is 22.3. The Kier molecular flexibility index (Phi) is 7.50. The van der Waals surface area contributed by atoms with Gasteiger partial charge in [0, 0.05) is 17.3 Å². The zero-order valence-electron chi connectivity index (χ0n) is 17.6. The van der Waals surface area contributed by atoms with Crippen molar-refractivity contribution in [2.24, 2.45) is 0 Å². The Morgan fingerprint density at radius 3 is 2.27 bits per heavy atom. The van der Waals surface area contributed by atoms with Gasteiger partial charge in [-0.05, 0) is 74.7 Å². The lowest BCUT2D eigenvalue weighted by Gasteiger charge is -2.22. The molecule has 1 fully saturated rings. The smallest absolute Gasteiger partial charge is 0.255 e. The van der Waals surface area contributed by atoms with Crippen LogP contribution in [0.15, 0.2) is 53.4 Å². The number of rotatable bonds is 8. The number of benzene rings is 2. The molecule has 0 bridgehead atoms. The predicted octanol–water partition coefficient (Wildman–Crippen LogP) is 4.73. The first-order valence-electron chi connectivity index (χ1n) is 10.6. The van der Waals surface area contributed by atoms with Crippen molar-refractivity contribution in [1.29, 1.82) is 0 Å². The molecule has 2 aromatic carbocycles. The standard InChI is InChI=1S/C23H30N2O4S/c1-3-17(2)29-21-13-9-18(10-14-21)23(26)24-19-11-15-22(16-12-19)30(27,28)25-20-7-5-4-6-8-20/h9-17,20,25H,3-8H2,1-2H3,(H,24,26). The number of nitrogens with one attached hydrogen (secondary N) is 2. The van der Waals surface area contributed by atoms with Crippen LogP contribution in [0.1, 0.15) is 62.7 Å². The molecule has 2 aromatic rings. The molecule has 2 N–H and O–H groups in total. The summed E-state index contributed by atoms with van der Waals surface area (Å²) in [4.78, 5) is 12.7. The summed E-state index contributed by atoms with van der Waals surface area (Å²) in [5.74, 6) is 0.460. The summed E-state index contributed by atoms with van der Waals surface area (Å²) in [5, 5.41) is 2.79. The fraction of sp³-hybridized carbons (Fsp3) is 0.435. The van der Waals surface area contributed by atoms with Gasteiger partial charge in [-0.15, -0.1) is 0 Å². The molecule has 0 aliphatic heterocycles. The third-order valence-electron chi connectivity index (χ3n) is 5.38. The van der Waals surface area contributed by atoms with Crippen molar-refractivity contribution >= 4 is 21.6 Å². The van der Waals surface area contributed by atoms with Crippen LogP contribution in [0.2, 0.25) is 0 Å². The molecule has 1 aliphatic rings. The topological polar surface area (TPSA) is 84.5 Å². The highest BCUT2D eigenvalue weighted by Crippen LogP contribution is 2.21. The SMILES string of the molecule is CCC(C)Oc1ccc(C(=O)Nc2ccc(S(=O)(=O)NC3CCCCC3)cc2)cc1. The molecular formula is C23H30N2O4S. The summed E-state index contributed by atoms with van der Waals surface area (Å²) < 4.78 is 33.7. The molecule has 1 amide bonds. The van der Waals surface area contributed by atoms with E-state index in [0.717, 1.165) is 37.9 Å². The van der Waals surface area contributed by atoms with E-state index in [4.69, 9.17) is 4.74 Å². The van der Waals surface area contributed by atoms with Gasteiger partial charge in [0.15, 0.2) is 0 Å². The lowest BCUT2D eigenvalue weighted by molar-refractivity contribution is 0.102. The summed E-state index contributed by atoms with van der Waals surface area (Å²) in [6, 6.07) is 13.2. The first-order valence-corrected chi connectivity index (χ1v) is 12.1. The number of carbonyl (C=O) groups excluding carboxylic acids is 1. The van der Waals surface area contributed by atoms with E-state index in [0.29, 0.717) is 11.3 Å². The molecular weight excluding hydrogens is 400 g/mol. The number of hydrogen-bond donors (Lipinski definition) is 2. The molecule has 7 heteroatoms. The van der Waals surface area contributed by atoms with E-state index in [1.54, 1.807) is 36.4 Å². The van der Waals surface area contributed by atoms with Crippen LogP contribution >= 0.6 is 0 Å². The van der Waals surface area contributed by atoms with Crippen LogP contribution in [-0.2, 0) is 10.0 Å². The Morgan fingerprint density at radius 2 is 1.67 bits per heavy atom. The van der Waals surface area contributed by atoms with Gasteiger partial charge in [0.2, 0.25) is 10.0 Å². The zero-order chi connectivity index (χ0) is 21.6. The summed E-state index contributed by atoms with van der Waals surface area (Å²) in [5.41, 5.74) is 1.04. The minimum absolute atomic E-state index is 0.00962. The molecule has 0 spiro atoms. The quantitative estimate of drug-likeness (QED) is 0.634. The van der Waals surface area contributed by atoms with Crippen molar-refractivity contribution in [2.45, 2.75) is 69.4 Å². The summed E-state index contributed by atoms with van der Waals surface area (Å²) in [6.07, 6.45) is 6.08. The highest BCUT2D eigenvalue weighted by Gasteiger charge is 2.21. The molecule has 0 aromatic heterocycles. The van der Waals surface area contributed by atoms with Crippen LogP contribution in [0.4, 0.5) is 5.69 Å². The molecule has 162 valence electrons. The highest BCUT2D eigenvalue weighted by atomic mass is 32.2. The summed E-state index contributed by atoms with van der Waals surface area (Å²) in [6.45, 7) is 4.05. The Bertz CT molecular complexity index is 934. The van der Waals surface area contributed by atoms with E-state index in [2.05, 4.69) is 17.0 Å². The fourth-order valence-corrected chi connectivity index (χ4v) is 4.73. The maximum atomic E-state index is 12.6. The van der Waals surface area contributed by atoms with E-state index in [1.165, 1.54) is 18.6 Å². The molecule has 0 heterocycles. The van der Waals surface area contributed by atoms with E-state index in [1.807, 2.05) is 6.92 Å². The van der Waals surface area contributed by atoms with Crippen molar-refractivity contribution in [3.63, 3.8) is 0 Å². The molecule has 1 atom stereocenters. The largest absolute Gasteiger partial charge is 0.491 e. The highest BCUT2D eigenvalue weighted by molar-refractivity contribution is 7.89. The van der Waals surface area contributed by atoms with Crippen LogP contribution in [0.25, 0.3) is 0 Å². The van der Waals surface area contributed by atoms with Gasteiger partial charge in [-0.25, -0.2) is 13.1 Å². The number of ether oxygens (including phenoxy) is 1. The zero-order valence-corrected chi connectivity index (χ0v) is 18.4. The molecule has 3 rings (SSSR count). The van der Waals surface area contributed by atoms with Gasteiger partial charge in [-0.3, -0.25) is 4.79 Å². The van der Waals surface area contributed by atoms with Crippen molar-refractivity contribution in [1.82, 2.24) is 4.72 Å². The predicted molar refractivity (Wildman–Crippen MR) is 118 cm³/mol. The second kappa shape index (κ2) is 10.1. The van der Waals surface area contributed by atoms with E-state index in [-0.39, 0.29) is 22.9 Å². The fourth-order valence-electron chi connectivity index (χ4n) is 3.43. The molecule has 0 saturated heterocycles. The lowest BCUT2D eigenvalue weighted by atomic mass is 9.96. The summed E-state index contributed by atoms with van der Waals surface area (Å²) >= 11 is 0. The molecule has 6 nitrogen and oxygen atoms in total. The third-order valence-corrected chi connectivity index (χ3v) is 6.91. The Morgan fingerprint density at radius 1 is 1.03 bits per heavy atom. The van der Waals surface area contributed by atoms with E-state index in [9.17, 15) is 13.2 Å². The molecule has 1 aliphatic carbocycles. The monoisotopic (exact) mass is 430 g/mol. The maximum Gasteiger partial charge on any atom is 0.255 e. The average Bonchev–Trinajstić information content (AvgIpc) is 2.75. The molecule has 30 heavy (non-hydrogen) atoms. The Balaban J connectivity index is 1.60. The molecule has 1 unspecified atom stereocenters. The van der Waals surface area contributed by atoms with Crippen molar-refractivity contribution in [2.75, 3.05) is 5.32 Å². The first-order chi connectivity index (χ1) is 14.4. The van der Waals surface area contributed by atoms with Gasteiger partial charge in [0.1, 0.15) is 5.75 Å². The number of anilines is 1. The van der Waals surface area contributed by atoms with Gasteiger partial charge in [-0.1, -0.05) is 26.2 Å². The van der Waals surface area contributed by atoms with Gasteiger partial charge in [0.05, 0.1) is 11.0 Å². The van der Waals surface area contributed by atoms with Crippen LogP contribution in [0.3, 0.4) is 0 Å². The Labute approximate surface area is 179 Å². The third kappa shape index (κ3) is 6.06. The normalized spacial score (nSPS) is 16.1. The van der Waals surface area contributed by atoms with Crippen LogP contribution in [0, 0.1) is 0 Å². The van der Waals surface area contributed by atoms with E-state index < -0.39 is 10.0 Å². The van der Waals surface area contributed by atoms with Gasteiger partial charge >= 0.3 is 0 Å².